The van der Waals surface area contributed by atoms with E-state index in [0.717, 1.165) is 22.8 Å². The van der Waals surface area contributed by atoms with Gasteiger partial charge in [0.1, 0.15) is 12.0 Å². The van der Waals surface area contributed by atoms with Crippen LogP contribution in [0.2, 0.25) is 0 Å². The molecule has 0 saturated heterocycles. The first-order valence-electron chi connectivity index (χ1n) is 7.01. The molecule has 3 rings (SSSR count). The number of alkyl halides is 1. The van der Waals surface area contributed by atoms with Gasteiger partial charge in [-0.1, -0.05) is 12.1 Å². The third-order valence-corrected chi connectivity index (χ3v) is 4.25. The first kappa shape index (κ1) is 13.3. The molecule has 1 aromatic heterocycles. The number of rotatable bonds is 1. The molecule has 2 heterocycles. The lowest BCUT2D eigenvalue weighted by Gasteiger charge is -2.23. The molecule has 2 unspecified atom stereocenters. The van der Waals surface area contributed by atoms with Gasteiger partial charge in [-0.3, -0.25) is 0 Å². The lowest BCUT2D eigenvalue weighted by atomic mass is 10.0. The van der Waals surface area contributed by atoms with E-state index in [1.807, 2.05) is 11.5 Å². The number of hydrogen-bond acceptors (Lipinski definition) is 2. The number of benzene rings is 1. The molecule has 1 aromatic carbocycles. The Balaban J connectivity index is 2.11. The number of halogens is 1. The van der Waals surface area contributed by atoms with E-state index < -0.39 is 6.17 Å². The summed E-state index contributed by atoms with van der Waals surface area (Å²) >= 11 is 0. The minimum Gasteiger partial charge on any atom is -0.327 e. The number of nitrogens with two attached hydrogens (primary N) is 1. The Morgan fingerprint density at radius 3 is 2.70 bits per heavy atom. The maximum Gasteiger partial charge on any atom is 0.126 e. The summed E-state index contributed by atoms with van der Waals surface area (Å²) in [5.74, 6) is 0.810. The van der Waals surface area contributed by atoms with Gasteiger partial charge in [0.15, 0.2) is 0 Å². The van der Waals surface area contributed by atoms with Crippen molar-refractivity contribution in [2.75, 3.05) is 0 Å². The molecule has 3 nitrogen and oxygen atoms in total. The largest absolute Gasteiger partial charge is 0.327 e. The van der Waals surface area contributed by atoms with Crippen molar-refractivity contribution in [3.05, 3.63) is 40.8 Å². The molecule has 0 fully saturated rings. The molecule has 0 bridgehead atoms. The third kappa shape index (κ3) is 2.04. The van der Waals surface area contributed by atoms with Crippen LogP contribution in [0.25, 0.3) is 11.3 Å². The average molecular weight is 273 g/mol. The predicted octanol–water partition coefficient (Wildman–Crippen LogP) is 3.22. The SMILES string of the molecule is Cc1ccc(-c2nc3n(c2C)CC(F)CC3N)cc1C. The van der Waals surface area contributed by atoms with Crippen LogP contribution in [-0.4, -0.2) is 15.7 Å². The zero-order valence-corrected chi connectivity index (χ0v) is 12.2. The van der Waals surface area contributed by atoms with Crippen molar-refractivity contribution in [1.82, 2.24) is 9.55 Å². The van der Waals surface area contributed by atoms with Crippen LogP contribution < -0.4 is 5.73 Å². The monoisotopic (exact) mass is 273 g/mol. The molecule has 2 N–H and O–H groups in total. The number of hydrogen-bond donors (Lipinski definition) is 1. The lowest BCUT2D eigenvalue weighted by molar-refractivity contribution is 0.229. The van der Waals surface area contributed by atoms with E-state index in [2.05, 4.69) is 37.0 Å². The zero-order chi connectivity index (χ0) is 14.4. The van der Waals surface area contributed by atoms with Crippen LogP contribution in [0, 0.1) is 20.8 Å². The van der Waals surface area contributed by atoms with Gasteiger partial charge in [-0.05, 0) is 38.0 Å². The number of aryl methyl sites for hydroxylation is 2. The average Bonchev–Trinajstić information content (AvgIpc) is 2.71. The maximum absolute atomic E-state index is 13.7. The van der Waals surface area contributed by atoms with Gasteiger partial charge in [0.05, 0.1) is 18.3 Å². The summed E-state index contributed by atoms with van der Waals surface area (Å²) < 4.78 is 15.6. The van der Waals surface area contributed by atoms with Crippen LogP contribution in [0.1, 0.15) is 35.1 Å². The summed E-state index contributed by atoms with van der Waals surface area (Å²) in [5, 5.41) is 0. The molecule has 0 aliphatic carbocycles. The number of fused-ring (bicyclic) bond motifs is 1. The Morgan fingerprint density at radius 1 is 1.25 bits per heavy atom. The van der Waals surface area contributed by atoms with Crippen molar-refractivity contribution in [1.29, 1.82) is 0 Å². The highest BCUT2D eigenvalue weighted by atomic mass is 19.1. The summed E-state index contributed by atoms with van der Waals surface area (Å²) in [5.41, 5.74) is 11.5. The summed E-state index contributed by atoms with van der Waals surface area (Å²) in [6.07, 6.45) is -0.513. The summed E-state index contributed by atoms with van der Waals surface area (Å²) in [6, 6.07) is 6.00. The Bertz CT molecular complexity index is 660. The molecule has 0 amide bonds. The van der Waals surface area contributed by atoms with Gasteiger partial charge in [-0.25, -0.2) is 9.37 Å². The molecular formula is C16H20FN3. The van der Waals surface area contributed by atoms with E-state index in [4.69, 9.17) is 5.73 Å². The minimum absolute atomic E-state index is 0.308. The van der Waals surface area contributed by atoms with E-state index >= 15 is 0 Å². The van der Waals surface area contributed by atoms with Crippen LogP contribution in [0.3, 0.4) is 0 Å². The minimum atomic E-state index is -0.877. The van der Waals surface area contributed by atoms with Gasteiger partial charge in [0.2, 0.25) is 0 Å². The lowest BCUT2D eigenvalue weighted by Crippen LogP contribution is -2.30. The Kier molecular flexibility index (Phi) is 3.13. The van der Waals surface area contributed by atoms with Crippen molar-refractivity contribution in [2.45, 2.75) is 46.0 Å². The van der Waals surface area contributed by atoms with Gasteiger partial charge < -0.3 is 10.3 Å². The standard InChI is InChI=1S/C16H20FN3/c1-9-4-5-12(6-10(9)2)15-11(3)20-8-13(17)7-14(18)16(20)19-15/h4-6,13-14H,7-8,18H2,1-3H3. The van der Waals surface area contributed by atoms with Crippen molar-refractivity contribution in [3.8, 4) is 11.3 Å². The molecular weight excluding hydrogens is 253 g/mol. The van der Waals surface area contributed by atoms with Crippen molar-refractivity contribution >= 4 is 0 Å². The molecule has 0 radical (unpaired) electrons. The normalized spacial score (nSPS) is 21.9. The Labute approximate surface area is 118 Å². The molecule has 0 spiro atoms. The fraction of sp³-hybridized carbons (Fsp3) is 0.438. The van der Waals surface area contributed by atoms with Crippen LogP contribution >= 0.6 is 0 Å². The van der Waals surface area contributed by atoms with Gasteiger partial charge in [0, 0.05) is 17.7 Å². The summed E-state index contributed by atoms with van der Waals surface area (Å²) in [4.78, 5) is 4.68. The van der Waals surface area contributed by atoms with Crippen molar-refractivity contribution in [3.63, 3.8) is 0 Å². The van der Waals surface area contributed by atoms with Gasteiger partial charge >= 0.3 is 0 Å². The molecule has 0 saturated carbocycles. The first-order valence-corrected chi connectivity index (χ1v) is 7.01. The molecule has 106 valence electrons. The second-order valence-corrected chi connectivity index (χ2v) is 5.75. The second-order valence-electron chi connectivity index (χ2n) is 5.75. The van der Waals surface area contributed by atoms with Crippen LogP contribution in [0.15, 0.2) is 18.2 Å². The highest BCUT2D eigenvalue weighted by molar-refractivity contribution is 5.64. The van der Waals surface area contributed by atoms with Crippen molar-refractivity contribution in [2.24, 2.45) is 5.73 Å². The second kappa shape index (κ2) is 4.70. The number of aromatic nitrogens is 2. The van der Waals surface area contributed by atoms with Gasteiger partial charge in [-0.15, -0.1) is 0 Å². The van der Waals surface area contributed by atoms with E-state index in [1.165, 1.54) is 11.1 Å². The van der Waals surface area contributed by atoms with Crippen molar-refractivity contribution < 1.29 is 4.39 Å². The highest BCUT2D eigenvalue weighted by Gasteiger charge is 2.28. The van der Waals surface area contributed by atoms with Crippen LogP contribution in [0.4, 0.5) is 4.39 Å². The Hall–Kier alpha value is -1.68. The molecule has 4 heteroatoms. The predicted molar refractivity (Wildman–Crippen MR) is 78.3 cm³/mol. The smallest absolute Gasteiger partial charge is 0.126 e. The number of nitrogens with zero attached hydrogens (tertiary/aromatic N) is 2. The molecule has 20 heavy (non-hydrogen) atoms. The Morgan fingerprint density at radius 2 is 2.00 bits per heavy atom. The summed E-state index contributed by atoms with van der Waals surface area (Å²) in [6.45, 7) is 6.54. The molecule has 1 aliphatic rings. The zero-order valence-electron chi connectivity index (χ0n) is 12.2. The maximum atomic E-state index is 13.7. The van der Waals surface area contributed by atoms with E-state index in [1.54, 1.807) is 0 Å². The number of imidazole rings is 1. The highest BCUT2D eigenvalue weighted by Crippen LogP contribution is 2.32. The molecule has 1 aliphatic heterocycles. The van der Waals surface area contributed by atoms with Crippen LogP contribution in [-0.2, 0) is 6.54 Å². The molecule has 2 atom stereocenters. The van der Waals surface area contributed by atoms with E-state index in [9.17, 15) is 4.39 Å². The van der Waals surface area contributed by atoms with E-state index in [-0.39, 0.29) is 6.04 Å². The van der Waals surface area contributed by atoms with E-state index in [0.29, 0.717) is 13.0 Å². The van der Waals surface area contributed by atoms with Gasteiger partial charge in [0.25, 0.3) is 0 Å². The quantitative estimate of drug-likeness (QED) is 0.867. The summed E-state index contributed by atoms with van der Waals surface area (Å²) in [7, 11) is 0. The fourth-order valence-corrected chi connectivity index (χ4v) is 2.88. The topological polar surface area (TPSA) is 43.8 Å². The fourth-order valence-electron chi connectivity index (χ4n) is 2.88. The first-order chi connectivity index (χ1) is 9.47. The third-order valence-electron chi connectivity index (χ3n) is 4.25. The van der Waals surface area contributed by atoms with Crippen LogP contribution in [0.5, 0.6) is 0 Å². The molecule has 2 aromatic rings. The van der Waals surface area contributed by atoms with Gasteiger partial charge in [-0.2, -0.15) is 0 Å².